The predicted octanol–water partition coefficient (Wildman–Crippen LogP) is 4.17. The minimum atomic E-state index is 0.0967. The molecule has 1 atom stereocenters. The Morgan fingerprint density at radius 1 is 1.17 bits per heavy atom. The quantitative estimate of drug-likeness (QED) is 0.919. The number of nitrogens with zero attached hydrogens (tertiary/aromatic N) is 1. The molecule has 0 saturated carbocycles. The van der Waals surface area contributed by atoms with Gasteiger partial charge in [-0.1, -0.05) is 31.2 Å². The number of hydrogen-bond acceptors (Lipinski definition) is 3. The number of phenols is 1. The molecule has 1 heterocycles. The SMILES string of the molecule is CCc1ccccc1CC1CN(C(C)C)c2ccc(O)cc2O1. The summed E-state index contributed by atoms with van der Waals surface area (Å²) in [5.41, 5.74) is 3.80. The summed E-state index contributed by atoms with van der Waals surface area (Å²) >= 11 is 0. The van der Waals surface area contributed by atoms with E-state index >= 15 is 0 Å². The van der Waals surface area contributed by atoms with Gasteiger partial charge >= 0.3 is 0 Å². The molecule has 122 valence electrons. The van der Waals surface area contributed by atoms with E-state index in [1.165, 1.54) is 11.1 Å². The van der Waals surface area contributed by atoms with Crippen molar-refractivity contribution in [1.82, 2.24) is 0 Å². The molecule has 2 aromatic rings. The number of anilines is 1. The van der Waals surface area contributed by atoms with Gasteiger partial charge in [-0.2, -0.15) is 0 Å². The van der Waals surface area contributed by atoms with Crippen molar-refractivity contribution in [2.45, 2.75) is 45.8 Å². The van der Waals surface area contributed by atoms with Gasteiger partial charge in [0.25, 0.3) is 0 Å². The number of aryl methyl sites for hydroxylation is 1. The van der Waals surface area contributed by atoms with Crippen LogP contribution in [0.1, 0.15) is 31.9 Å². The third kappa shape index (κ3) is 3.29. The molecule has 3 nitrogen and oxygen atoms in total. The highest BCUT2D eigenvalue weighted by Crippen LogP contribution is 2.37. The topological polar surface area (TPSA) is 32.7 Å². The summed E-state index contributed by atoms with van der Waals surface area (Å²) in [5, 5.41) is 9.77. The Morgan fingerprint density at radius 2 is 1.91 bits per heavy atom. The monoisotopic (exact) mass is 311 g/mol. The molecule has 0 radical (unpaired) electrons. The Hall–Kier alpha value is -2.16. The van der Waals surface area contributed by atoms with Crippen molar-refractivity contribution in [1.29, 1.82) is 0 Å². The maximum absolute atomic E-state index is 9.77. The minimum Gasteiger partial charge on any atom is -0.508 e. The molecular weight excluding hydrogens is 286 g/mol. The van der Waals surface area contributed by atoms with Crippen LogP contribution >= 0.6 is 0 Å². The first-order valence-electron chi connectivity index (χ1n) is 8.41. The van der Waals surface area contributed by atoms with E-state index in [9.17, 15) is 5.11 Å². The number of benzene rings is 2. The highest BCUT2D eigenvalue weighted by molar-refractivity contribution is 5.63. The number of fused-ring (bicyclic) bond motifs is 1. The van der Waals surface area contributed by atoms with Crippen LogP contribution in [0, 0.1) is 0 Å². The van der Waals surface area contributed by atoms with E-state index in [1.54, 1.807) is 12.1 Å². The van der Waals surface area contributed by atoms with E-state index in [0.717, 1.165) is 30.8 Å². The summed E-state index contributed by atoms with van der Waals surface area (Å²) in [7, 11) is 0. The average molecular weight is 311 g/mol. The summed E-state index contributed by atoms with van der Waals surface area (Å²) in [6.45, 7) is 7.44. The number of aromatic hydroxyl groups is 1. The van der Waals surface area contributed by atoms with Crippen molar-refractivity contribution < 1.29 is 9.84 Å². The summed E-state index contributed by atoms with van der Waals surface area (Å²) in [5.74, 6) is 1.03. The van der Waals surface area contributed by atoms with Gasteiger partial charge in [-0.3, -0.25) is 0 Å². The van der Waals surface area contributed by atoms with Gasteiger partial charge in [-0.15, -0.1) is 0 Å². The highest BCUT2D eigenvalue weighted by Gasteiger charge is 2.28. The molecule has 2 aromatic carbocycles. The summed E-state index contributed by atoms with van der Waals surface area (Å²) in [6, 6.07) is 14.4. The summed E-state index contributed by atoms with van der Waals surface area (Å²) < 4.78 is 6.19. The molecule has 0 saturated heterocycles. The van der Waals surface area contributed by atoms with E-state index in [2.05, 4.69) is 49.9 Å². The second kappa shape index (κ2) is 6.53. The summed E-state index contributed by atoms with van der Waals surface area (Å²) in [6.07, 6.45) is 2.02. The van der Waals surface area contributed by atoms with Gasteiger partial charge in [0.15, 0.2) is 0 Å². The fourth-order valence-electron chi connectivity index (χ4n) is 3.31. The van der Waals surface area contributed by atoms with Gasteiger partial charge in [-0.05, 0) is 43.5 Å². The van der Waals surface area contributed by atoms with Crippen LogP contribution in [0.5, 0.6) is 11.5 Å². The molecule has 0 amide bonds. The molecule has 1 unspecified atom stereocenters. The van der Waals surface area contributed by atoms with Crippen LogP contribution in [0.25, 0.3) is 0 Å². The predicted molar refractivity (Wildman–Crippen MR) is 94.5 cm³/mol. The molecule has 0 bridgehead atoms. The number of rotatable bonds is 4. The first-order chi connectivity index (χ1) is 11.1. The van der Waals surface area contributed by atoms with Crippen LogP contribution in [-0.4, -0.2) is 23.8 Å². The van der Waals surface area contributed by atoms with Gasteiger partial charge in [-0.25, -0.2) is 0 Å². The van der Waals surface area contributed by atoms with Crippen molar-refractivity contribution in [3.63, 3.8) is 0 Å². The molecule has 0 aromatic heterocycles. The van der Waals surface area contributed by atoms with Crippen LogP contribution < -0.4 is 9.64 Å². The average Bonchev–Trinajstić information content (AvgIpc) is 2.54. The molecule has 3 rings (SSSR count). The zero-order chi connectivity index (χ0) is 16.4. The van der Waals surface area contributed by atoms with E-state index in [1.807, 2.05) is 6.07 Å². The third-order valence-corrected chi connectivity index (χ3v) is 4.52. The molecule has 1 aliphatic heterocycles. The van der Waals surface area contributed by atoms with Crippen LogP contribution in [0.2, 0.25) is 0 Å². The Labute approximate surface area is 138 Å². The van der Waals surface area contributed by atoms with Gasteiger partial charge in [0, 0.05) is 18.5 Å². The smallest absolute Gasteiger partial charge is 0.146 e. The van der Waals surface area contributed by atoms with Crippen LogP contribution in [-0.2, 0) is 12.8 Å². The van der Waals surface area contributed by atoms with Gasteiger partial charge < -0.3 is 14.7 Å². The van der Waals surface area contributed by atoms with E-state index in [-0.39, 0.29) is 11.9 Å². The fourth-order valence-corrected chi connectivity index (χ4v) is 3.31. The lowest BCUT2D eigenvalue weighted by Crippen LogP contribution is -2.44. The molecular formula is C20H25NO2. The van der Waals surface area contributed by atoms with Crippen molar-refractivity contribution in [3.8, 4) is 11.5 Å². The first kappa shape index (κ1) is 15.7. The minimum absolute atomic E-state index is 0.0967. The molecule has 23 heavy (non-hydrogen) atoms. The lowest BCUT2D eigenvalue weighted by molar-refractivity contribution is 0.189. The zero-order valence-corrected chi connectivity index (χ0v) is 14.1. The maximum Gasteiger partial charge on any atom is 0.146 e. The lowest BCUT2D eigenvalue weighted by atomic mass is 9.98. The van der Waals surface area contributed by atoms with Crippen LogP contribution in [0.4, 0.5) is 5.69 Å². The van der Waals surface area contributed by atoms with E-state index in [4.69, 9.17) is 4.74 Å². The van der Waals surface area contributed by atoms with Crippen LogP contribution in [0.15, 0.2) is 42.5 Å². The number of phenolic OH excluding ortho intramolecular Hbond substituents is 1. The largest absolute Gasteiger partial charge is 0.508 e. The van der Waals surface area contributed by atoms with Crippen molar-refractivity contribution in [2.24, 2.45) is 0 Å². The van der Waals surface area contributed by atoms with E-state index < -0.39 is 0 Å². The molecule has 0 aliphatic carbocycles. The van der Waals surface area contributed by atoms with E-state index in [0.29, 0.717) is 6.04 Å². The summed E-state index contributed by atoms with van der Waals surface area (Å²) in [4.78, 5) is 2.36. The molecule has 1 N–H and O–H groups in total. The maximum atomic E-state index is 9.77. The second-order valence-corrected chi connectivity index (χ2v) is 6.46. The highest BCUT2D eigenvalue weighted by atomic mass is 16.5. The zero-order valence-electron chi connectivity index (χ0n) is 14.1. The standard InChI is InChI=1S/C20H25NO2/c1-4-15-7-5-6-8-16(15)11-18-13-21(14(2)3)19-10-9-17(22)12-20(19)23-18/h5-10,12,14,18,22H,4,11,13H2,1-3H3. The van der Waals surface area contributed by atoms with Gasteiger partial charge in [0.05, 0.1) is 12.2 Å². The van der Waals surface area contributed by atoms with Crippen molar-refractivity contribution >= 4 is 5.69 Å². The van der Waals surface area contributed by atoms with Crippen LogP contribution in [0.3, 0.4) is 0 Å². The van der Waals surface area contributed by atoms with Gasteiger partial charge in [0.1, 0.15) is 17.6 Å². The fraction of sp³-hybridized carbons (Fsp3) is 0.400. The number of hydrogen-bond donors (Lipinski definition) is 1. The molecule has 0 spiro atoms. The van der Waals surface area contributed by atoms with Gasteiger partial charge in [0.2, 0.25) is 0 Å². The Bertz CT molecular complexity index is 681. The molecule has 3 heteroatoms. The molecule has 1 aliphatic rings. The lowest BCUT2D eigenvalue weighted by Gasteiger charge is -2.39. The van der Waals surface area contributed by atoms with Crippen molar-refractivity contribution in [2.75, 3.05) is 11.4 Å². The second-order valence-electron chi connectivity index (χ2n) is 6.46. The Kier molecular flexibility index (Phi) is 4.46. The third-order valence-electron chi connectivity index (χ3n) is 4.52. The first-order valence-corrected chi connectivity index (χ1v) is 8.41. The van der Waals surface area contributed by atoms with Crippen molar-refractivity contribution in [3.05, 3.63) is 53.6 Å². The number of ether oxygens (including phenoxy) is 1. The normalized spacial score (nSPS) is 17.0. The molecule has 0 fully saturated rings. The Morgan fingerprint density at radius 3 is 2.61 bits per heavy atom. The Balaban J connectivity index is 1.88.